The Morgan fingerprint density at radius 3 is 2.49 bits per heavy atom. The maximum absolute atomic E-state index is 13.7. The number of benzene rings is 3. The van der Waals surface area contributed by atoms with E-state index in [1.807, 2.05) is 6.92 Å². The number of carbonyl (C=O) groups is 1. The van der Waals surface area contributed by atoms with Crippen molar-refractivity contribution in [3.63, 3.8) is 0 Å². The number of anilines is 1. The highest BCUT2D eigenvalue weighted by atomic mass is 35.5. The smallest absolute Gasteiger partial charge is 0.264 e. The number of nitrogens with zero attached hydrogens (tertiary/aromatic N) is 1. The van der Waals surface area contributed by atoms with E-state index in [9.17, 15) is 17.6 Å². The van der Waals surface area contributed by atoms with Crippen LogP contribution in [0, 0.1) is 19.7 Å². The lowest BCUT2D eigenvalue weighted by molar-refractivity contribution is -0.119. The first-order chi connectivity index (χ1) is 16.7. The highest BCUT2D eigenvalue weighted by Crippen LogP contribution is 2.29. The fraction of sp³-hybridized carbons (Fsp3) is 0.269. The van der Waals surface area contributed by atoms with E-state index in [1.165, 1.54) is 18.2 Å². The molecule has 0 aromatic heterocycles. The predicted molar refractivity (Wildman–Crippen MR) is 142 cm³/mol. The molecule has 0 aliphatic carbocycles. The van der Waals surface area contributed by atoms with E-state index in [-0.39, 0.29) is 17.3 Å². The topological polar surface area (TPSA) is 66.5 Å². The zero-order chi connectivity index (χ0) is 25.4. The largest absolute Gasteiger partial charge is 0.354 e. The quantitative estimate of drug-likeness (QED) is 0.319. The number of rotatable bonds is 11. The van der Waals surface area contributed by atoms with E-state index in [2.05, 4.69) is 5.32 Å². The second-order valence-electron chi connectivity index (χ2n) is 8.10. The summed E-state index contributed by atoms with van der Waals surface area (Å²) in [4.78, 5) is 12.8. The van der Waals surface area contributed by atoms with Crippen LogP contribution in [0.3, 0.4) is 0 Å². The van der Waals surface area contributed by atoms with Gasteiger partial charge < -0.3 is 5.32 Å². The van der Waals surface area contributed by atoms with Gasteiger partial charge >= 0.3 is 0 Å². The molecule has 0 radical (unpaired) electrons. The maximum atomic E-state index is 13.7. The van der Waals surface area contributed by atoms with Crippen molar-refractivity contribution in [2.75, 3.05) is 23.1 Å². The zero-order valence-electron chi connectivity index (χ0n) is 19.6. The van der Waals surface area contributed by atoms with Gasteiger partial charge in [-0.3, -0.25) is 9.10 Å². The molecule has 3 aromatic carbocycles. The number of carbonyl (C=O) groups excluding carboxylic acids is 1. The second kappa shape index (κ2) is 12.4. The summed E-state index contributed by atoms with van der Waals surface area (Å²) in [5, 5.41) is 3.17. The summed E-state index contributed by atoms with van der Waals surface area (Å²) < 4.78 is 41.8. The summed E-state index contributed by atoms with van der Waals surface area (Å²) in [6.07, 6.45) is 0.672. The molecule has 186 valence electrons. The number of halogens is 2. The number of hydrogen-bond acceptors (Lipinski definition) is 4. The van der Waals surface area contributed by atoms with Crippen molar-refractivity contribution in [1.82, 2.24) is 5.32 Å². The fourth-order valence-corrected chi connectivity index (χ4v) is 5.96. The van der Waals surface area contributed by atoms with Crippen molar-refractivity contribution in [3.8, 4) is 0 Å². The van der Waals surface area contributed by atoms with Crippen molar-refractivity contribution >= 4 is 45.0 Å². The lowest BCUT2D eigenvalue weighted by Crippen LogP contribution is -2.41. The van der Waals surface area contributed by atoms with E-state index in [0.29, 0.717) is 40.6 Å². The highest BCUT2D eigenvalue weighted by molar-refractivity contribution is 7.98. The molecule has 1 N–H and O–H groups in total. The molecule has 0 atom stereocenters. The van der Waals surface area contributed by atoms with Gasteiger partial charge in [0.25, 0.3) is 10.0 Å². The molecular formula is C26H28ClFN2O3S2. The molecular weight excluding hydrogens is 507 g/mol. The standard InChI is InChI=1S/C26H28ClFN2O3S2/c1-19-8-12-23(13-9-19)35(32,33)30(25-16-22(27)11-10-20(25)2)17-26(31)29-14-5-15-34-18-21-6-3-4-7-24(21)28/h3-4,6-13,16H,5,14-15,17-18H2,1-2H3,(H,29,31). The van der Waals surface area contributed by atoms with Crippen molar-refractivity contribution < 1.29 is 17.6 Å². The first-order valence-corrected chi connectivity index (χ1v) is 14.1. The van der Waals surface area contributed by atoms with Crippen molar-refractivity contribution in [2.45, 2.75) is 30.9 Å². The number of aryl methyl sites for hydroxylation is 2. The fourth-order valence-electron chi connectivity index (χ4n) is 3.37. The summed E-state index contributed by atoms with van der Waals surface area (Å²) in [7, 11) is -4.00. The normalized spacial score (nSPS) is 11.3. The van der Waals surface area contributed by atoms with Gasteiger partial charge in [0, 0.05) is 17.3 Å². The molecule has 3 rings (SSSR count). The molecule has 0 bridgehead atoms. The van der Waals surface area contributed by atoms with E-state index in [4.69, 9.17) is 11.6 Å². The summed E-state index contributed by atoms with van der Waals surface area (Å²) in [6.45, 7) is 3.65. The van der Waals surface area contributed by atoms with Crippen LogP contribution in [0.1, 0.15) is 23.1 Å². The van der Waals surface area contributed by atoms with Crippen LogP contribution in [0.4, 0.5) is 10.1 Å². The summed E-state index contributed by atoms with van der Waals surface area (Å²) in [6, 6.07) is 18.1. The molecule has 35 heavy (non-hydrogen) atoms. The molecule has 0 spiro atoms. The minimum absolute atomic E-state index is 0.0971. The molecule has 0 saturated heterocycles. The van der Waals surface area contributed by atoms with Crippen LogP contribution in [-0.2, 0) is 20.6 Å². The minimum atomic E-state index is -4.00. The molecule has 0 saturated carbocycles. The third-order valence-electron chi connectivity index (χ3n) is 5.34. The molecule has 9 heteroatoms. The monoisotopic (exact) mass is 534 g/mol. The number of hydrogen-bond donors (Lipinski definition) is 1. The molecule has 0 aliphatic heterocycles. The number of nitrogens with one attached hydrogen (secondary N) is 1. The maximum Gasteiger partial charge on any atom is 0.264 e. The van der Waals surface area contributed by atoms with Crippen LogP contribution in [-0.4, -0.2) is 33.2 Å². The van der Waals surface area contributed by atoms with Crippen molar-refractivity contribution in [3.05, 3.63) is 94.3 Å². The van der Waals surface area contributed by atoms with Crippen LogP contribution in [0.2, 0.25) is 5.02 Å². The Bertz CT molecular complexity index is 1270. The van der Waals surface area contributed by atoms with E-state index in [1.54, 1.807) is 67.2 Å². The first-order valence-electron chi connectivity index (χ1n) is 11.1. The van der Waals surface area contributed by atoms with Gasteiger partial charge in [0.15, 0.2) is 0 Å². The number of amides is 1. The third-order valence-corrected chi connectivity index (χ3v) is 8.44. The Morgan fingerprint density at radius 1 is 1.06 bits per heavy atom. The molecule has 0 heterocycles. The molecule has 0 unspecified atom stereocenters. The van der Waals surface area contributed by atoms with Crippen LogP contribution in [0.25, 0.3) is 0 Å². The predicted octanol–water partition coefficient (Wildman–Crippen LogP) is 5.73. The van der Waals surface area contributed by atoms with Gasteiger partial charge in [-0.2, -0.15) is 11.8 Å². The summed E-state index contributed by atoms with van der Waals surface area (Å²) in [5.74, 6) is 0.642. The van der Waals surface area contributed by atoms with Gasteiger partial charge in [0.05, 0.1) is 10.6 Å². The molecule has 1 amide bonds. The van der Waals surface area contributed by atoms with Crippen LogP contribution in [0.5, 0.6) is 0 Å². The van der Waals surface area contributed by atoms with E-state index in [0.717, 1.165) is 15.6 Å². The van der Waals surface area contributed by atoms with Gasteiger partial charge in [-0.05, 0) is 67.5 Å². The highest BCUT2D eigenvalue weighted by Gasteiger charge is 2.28. The Labute approximate surface area is 215 Å². The molecule has 0 fully saturated rings. The van der Waals surface area contributed by atoms with Gasteiger partial charge in [-0.25, -0.2) is 12.8 Å². The summed E-state index contributed by atoms with van der Waals surface area (Å²) >= 11 is 7.73. The van der Waals surface area contributed by atoms with Crippen molar-refractivity contribution in [1.29, 1.82) is 0 Å². The molecule has 5 nitrogen and oxygen atoms in total. The van der Waals surface area contributed by atoms with Gasteiger partial charge in [0.1, 0.15) is 12.4 Å². The average molecular weight is 535 g/mol. The lowest BCUT2D eigenvalue weighted by atomic mass is 10.2. The van der Waals surface area contributed by atoms with E-state index >= 15 is 0 Å². The number of thioether (sulfide) groups is 1. The zero-order valence-corrected chi connectivity index (χ0v) is 22.0. The second-order valence-corrected chi connectivity index (χ2v) is 11.5. The van der Waals surface area contributed by atoms with Crippen LogP contribution < -0.4 is 9.62 Å². The van der Waals surface area contributed by atoms with E-state index < -0.39 is 15.9 Å². The molecule has 3 aromatic rings. The third kappa shape index (κ3) is 7.46. The summed E-state index contributed by atoms with van der Waals surface area (Å²) in [5.41, 5.74) is 2.62. The Balaban J connectivity index is 1.64. The van der Waals surface area contributed by atoms with Gasteiger partial charge in [0.2, 0.25) is 5.91 Å². The first kappa shape index (κ1) is 27.0. The van der Waals surface area contributed by atoms with Crippen LogP contribution in [0.15, 0.2) is 71.6 Å². The Hall–Kier alpha value is -2.55. The average Bonchev–Trinajstić information content (AvgIpc) is 2.82. The van der Waals surface area contributed by atoms with Gasteiger partial charge in [-0.15, -0.1) is 0 Å². The number of sulfonamides is 1. The van der Waals surface area contributed by atoms with Crippen LogP contribution >= 0.6 is 23.4 Å². The van der Waals surface area contributed by atoms with Gasteiger partial charge in [-0.1, -0.05) is 53.6 Å². The Morgan fingerprint density at radius 2 is 1.77 bits per heavy atom. The Kier molecular flexibility index (Phi) is 9.60. The van der Waals surface area contributed by atoms with Crippen molar-refractivity contribution in [2.24, 2.45) is 0 Å². The SMILES string of the molecule is Cc1ccc(S(=O)(=O)N(CC(=O)NCCCSCc2ccccc2F)c2cc(Cl)ccc2C)cc1. The lowest BCUT2D eigenvalue weighted by Gasteiger charge is -2.26. The molecule has 0 aliphatic rings. The minimum Gasteiger partial charge on any atom is -0.354 e.